The van der Waals surface area contributed by atoms with E-state index in [2.05, 4.69) is 20.4 Å². The van der Waals surface area contributed by atoms with Gasteiger partial charge in [-0.2, -0.15) is 5.10 Å². The second kappa shape index (κ2) is 6.40. The molecule has 1 aromatic carbocycles. The fourth-order valence-electron chi connectivity index (χ4n) is 3.05. The Bertz CT molecular complexity index is 1110. The van der Waals surface area contributed by atoms with Crippen molar-refractivity contribution in [3.63, 3.8) is 0 Å². The van der Waals surface area contributed by atoms with Gasteiger partial charge in [-0.1, -0.05) is 18.2 Å². The molecule has 0 saturated heterocycles. The van der Waals surface area contributed by atoms with E-state index in [9.17, 15) is 4.79 Å². The van der Waals surface area contributed by atoms with Gasteiger partial charge in [0.2, 0.25) is 0 Å². The van der Waals surface area contributed by atoms with Crippen molar-refractivity contribution in [1.82, 2.24) is 19.7 Å². The molecule has 1 N–H and O–H groups in total. The van der Waals surface area contributed by atoms with E-state index in [1.54, 1.807) is 42.7 Å². The van der Waals surface area contributed by atoms with Gasteiger partial charge in [0.05, 0.1) is 23.0 Å². The van der Waals surface area contributed by atoms with Gasteiger partial charge in [0.25, 0.3) is 5.91 Å². The van der Waals surface area contributed by atoms with Gasteiger partial charge >= 0.3 is 0 Å². The molecule has 0 spiro atoms. The van der Waals surface area contributed by atoms with Crippen molar-refractivity contribution >= 4 is 22.5 Å². The monoisotopic (exact) mass is 343 g/mol. The lowest BCUT2D eigenvalue weighted by atomic mass is 9.96. The smallest absolute Gasteiger partial charge is 0.257 e. The van der Waals surface area contributed by atoms with E-state index in [4.69, 9.17) is 0 Å². The molecule has 0 aliphatic rings. The largest absolute Gasteiger partial charge is 0.319 e. The zero-order valence-corrected chi connectivity index (χ0v) is 14.5. The number of anilines is 1. The van der Waals surface area contributed by atoms with Crippen LogP contribution in [0.3, 0.4) is 0 Å². The minimum absolute atomic E-state index is 0.205. The summed E-state index contributed by atoms with van der Waals surface area (Å²) in [6.07, 6.45) is 8.52. The Morgan fingerprint density at radius 2 is 1.96 bits per heavy atom. The Morgan fingerprint density at radius 3 is 2.77 bits per heavy atom. The summed E-state index contributed by atoms with van der Waals surface area (Å²) >= 11 is 0. The van der Waals surface area contributed by atoms with Crippen LogP contribution in [-0.4, -0.2) is 25.7 Å². The van der Waals surface area contributed by atoms with Gasteiger partial charge in [-0.3, -0.25) is 19.4 Å². The number of nitrogens with one attached hydrogen (secondary N) is 1. The summed E-state index contributed by atoms with van der Waals surface area (Å²) in [5.74, 6) is -0.205. The first-order chi connectivity index (χ1) is 12.6. The van der Waals surface area contributed by atoms with Gasteiger partial charge in [-0.25, -0.2) is 0 Å². The number of pyridine rings is 2. The zero-order chi connectivity index (χ0) is 18.1. The van der Waals surface area contributed by atoms with Crippen LogP contribution in [0.1, 0.15) is 15.9 Å². The summed E-state index contributed by atoms with van der Waals surface area (Å²) in [5, 5.41) is 7.96. The number of carbonyl (C=O) groups is 1. The third kappa shape index (κ3) is 2.82. The van der Waals surface area contributed by atoms with Crippen LogP contribution in [0.5, 0.6) is 0 Å². The molecular weight excluding hydrogens is 326 g/mol. The number of rotatable bonds is 3. The van der Waals surface area contributed by atoms with Crippen molar-refractivity contribution in [2.24, 2.45) is 7.05 Å². The zero-order valence-electron chi connectivity index (χ0n) is 14.5. The fourth-order valence-corrected chi connectivity index (χ4v) is 3.05. The van der Waals surface area contributed by atoms with E-state index >= 15 is 0 Å². The summed E-state index contributed by atoms with van der Waals surface area (Å²) < 4.78 is 1.64. The molecule has 4 rings (SSSR count). The minimum atomic E-state index is -0.205. The molecule has 4 aromatic rings. The number of hydrogen-bond donors (Lipinski definition) is 1. The highest BCUT2D eigenvalue weighted by molar-refractivity contribution is 6.06. The first kappa shape index (κ1) is 16.0. The lowest BCUT2D eigenvalue weighted by molar-refractivity contribution is 0.102. The van der Waals surface area contributed by atoms with Crippen LogP contribution in [0.2, 0.25) is 0 Å². The molecule has 128 valence electrons. The molecule has 6 heteroatoms. The van der Waals surface area contributed by atoms with Crippen molar-refractivity contribution in [3.8, 4) is 11.1 Å². The van der Waals surface area contributed by atoms with Crippen LogP contribution in [0.25, 0.3) is 22.0 Å². The van der Waals surface area contributed by atoms with Crippen LogP contribution in [0, 0.1) is 6.92 Å². The van der Waals surface area contributed by atoms with Crippen LogP contribution in [-0.2, 0) is 7.05 Å². The summed E-state index contributed by atoms with van der Waals surface area (Å²) in [5.41, 5.74) is 4.90. The average Bonchev–Trinajstić information content (AvgIpc) is 3.06. The first-order valence-corrected chi connectivity index (χ1v) is 8.22. The predicted octanol–water partition coefficient (Wildman–Crippen LogP) is 3.59. The molecular formula is C20H17N5O. The van der Waals surface area contributed by atoms with Gasteiger partial charge in [0.1, 0.15) is 0 Å². The summed E-state index contributed by atoms with van der Waals surface area (Å²) in [6, 6.07) is 9.90. The molecule has 3 heterocycles. The van der Waals surface area contributed by atoms with Gasteiger partial charge in [-0.15, -0.1) is 0 Å². The van der Waals surface area contributed by atoms with E-state index < -0.39 is 0 Å². The van der Waals surface area contributed by atoms with Crippen molar-refractivity contribution in [2.45, 2.75) is 6.92 Å². The normalized spacial score (nSPS) is 10.8. The molecule has 0 radical (unpaired) electrons. The molecule has 0 saturated carbocycles. The highest BCUT2D eigenvalue weighted by Crippen LogP contribution is 2.30. The number of aromatic nitrogens is 4. The summed E-state index contributed by atoms with van der Waals surface area (Å²) in [7, 11) is 1.80. The second-order valence-electron chi connectivity index (χ2n) is 6.09. The van der Waals surface area contributed by atoms with Crippen molar-refractivity contribution in [3.05, 3.63) is 72.4 Å². The van der Waals surface area contributed by atoms with E-state index in [1.807, 2.05) is 37.3 Å². The van der Waals surface area contributed by atoms with Gasteiger partial charge < -0.3 is 5.32 Å². The Morgan fingerprint density at radius 1 is 1.08 bits per heavy atom. The Balaban J connectivity index is 1.77. The molecule has 0 bridgehead atoms. The Kier molecular flexibility index (Phi) is 3.93. The van der Waals surface area contributed by atoms with Crippen LogP contribution < -0.4 is 5.32 Å². The average molecular weight is 343 g/mol. The molecule has 0 aliphatic carbocycles. The molecule has 1 amide bonds. The number of hydrogen-bond acceptors (Lipinski definition) is 4. The molecule has 26 heavy (non-hydrogen) atoms. The van der Waals surface area contributed by atoms with E-state index in [1.165, 1.54) is 0 Å². The molecule has 0 atom stereocenters. The number of fused-ring (bicyclic) bond motifs is 1. The number of nitrogens with zero attached hydrogens (tertiary/aromatic N) is 4. The van der Waals surface area contributed by atoms with Crippen molar-refractivity contribution < 1.29 is 4.79 Å². The standard InChI is InChI=1S/C20H17N5O/c1-13-17(15-5-3-7-19-16(15)6-4-8-22-19)10-21-11-18(13)20(26)24-14-9-23-25(2)12-14/h3-12H,1-2H3,(H,24,26). The first-order valence-electron chi connectivity index (χ1n) is 8.22. The third-order valence-electron chi connectivity index (χ3n) is 4.36. The fraction of sp³-hybridized carbons (Fsp3) is 0.100. The number of benzene rings is 1. The van der Waals surface area contributed by atoms with E-state index in [0.29, 0.717) is 11.3 Å². The lowest BCUT2D eigenvalue weighted by Gasteiger charge is -2.12. The van der Waals surface area contributed by atoms with Crippen LogP contribution >= 0.6 is 0 Å². The van der Waals surface area contributed by atoms with E-state index in [0.717, 1.165) is 27.6 Å². The maximum absolute atomic E-state index is 12.7. The van der Waals surface area contributed by atoms with Gasteiger partial charge in [-0.05, 0) is 30.2 Å². The van der Waals surface area contributed by atoms with E-state index in [-0.39, 0.29) is 5.91 Å². The second-order valence-corrected chi connectivity index (χ2v) is 6.09. The lowest BCUT2D eigenvalue weighted by Crippen LogP contribution is -2.14. The minimum Gasteiger partial charge on any atom is -0.319 e. The summed E-state index contributed by atoms with van der Waals surface area (Å²) in [4.78, 5) is 21.4. The highest BCUT2D eigenvalue weighted by atomic mass is 16.1. The van der Waals surface area contributed by atoms with Crippen molar-refractivity contribution in [1.29, 1.82) is 0 Å². The molecule has 0 aliphatic heterocycles. The quantitative estimate of drug-likeness (QED) is 0.617. The topological polar surface area (TPSA) is 72.7 Å². The highest BCUT2D eigenvalue weighted by Gasteiger charge is 2.15. The third-order valence-corrected chi connectivity index (χ3v) is 4.36. The Hall–Kier alpha value is -3.54. The summed E-state index contributed by atoms with van der Waals surface area (Å²) in [6.45, 7) is 1.93. The number of carbonyl (C=O) groups excluding carboxylic acids is 1. The maximum atomic E-state index is 12.7. The predicted molar refractivity (Wildman–Crippen MR) is 101 cm³/mol. The maximum Gasteiger partial charge on any atom is 0.257 e. The van der Waals surface area contributed by atoms with Gasteiger partial charge in [0.15, 0.2) is 0 Å². The Labute approximate surface area is 150 Å². The molecule has 0 fully saturated rings. The molecule has 6 nitrogen and oxygen atoms in total. The van der Waals surface area contributed by atoms with Crippen LogP contribution in [0.4, 0.5) is 5.69 Å². The van der Waals surface area contributed by atoms with Gasteiger partial charge in [0, 0.05) is 42.8 Å². The molecule has 3 aromatic heterocycles. The SMILES string of the molecule is Cc1c(C(=O)Nc2cnn(C)c2)cncc1-c1cccc2ncccc12. The van der Waals surface area contributed by atoms with Crippen molar-refractivity contribution in [2.75, 3.05) is 5.32 Å². The number of aryl methyl sites for hydroxylation is 1. The number of amides is 1. The molecule has 0 unspecified atom stereocenters. The van der Waals surface area contributed by atoms with Crippen LogP contribution in [0.15, 0.2) is 61.3 Å².